The Balaban J connectivity index is 1.34. The quantitative estimate of drug-likeness (QED) is 0.391. The van der Waals surface area contributed by atoms with Gasteiger partial charge in [0.25, 0.3) is 11.8 Å². The van der Waals surface area contributed by atoms with Gasteiger partial charge in [-0.05, 0) is 48.0 Å². The predicted octanol–water partition coefficient (Wildman–Crippen LogP) is 2.83. The van der Waals surface area contributed by atoms with Gasteiger partial charge in [-0.1, -0.05) is 30.0 Å². The van der Waals surface area contributed by atoms with E-state index in [1.165, 1.54) is 48.0 Å². The van der Waals surface area contributed by atoms with E-state index in [2.05, 4.69) is 10.1 Å². The van der Waals surface area contributed by atoms with Crippen molar-refractivity contribution in [2.24, 2.45) is 0 Å². The third-order valence-corrected chi connectivity index (χ3v) is 6.13. The Bertz CT molecular complexity index is 1130. The number of methoxy groups -OCH3 is 1. The summed E-state index contributed by atoms with van der Waals surface area (Å²) in [6.45, 7) is 0.651. The molecule has 0 spiro atoms. The maximum atomic E-state index is 12.8. The van der Waals surface area contributed by atoms with E-state index in [0.717, 1.165) is 5.56 Å². The summed E-state index contributed by atoms with van der Waals surface area (Å²) in [5.41, 5.74) is 1.56. The number of hydrogen-bond donors (Lipinski definition) is 1. The first-order valence-corrected chi connectivity index (χ1v) is 10.8. The summed E-state index contributed by atoms with van der Waals surface area (Å²) in [5, 5.41) is 2.75. The summed E-state index contributed by atoms with van der Waals surface area (Å²) in [5.74, 6) is 0.305. The van der Waals surface area contributed by atoms with Gasteiger partial charge in [0.2, 0.25) is 6.79 Å². The highest BCUT2D eigenvalue weighted by Gasteiger charge is 2.31. The summed E-state index contributed by atoms with van der Waals surface area (Å²) in [6.07, 6.45) is 1.75. The Kier molecular flexibility index (Phi) is 6.42. The average molecular weight is 471 g/mol. The molecule has 0 bridgehead atoms. The Morgan fingerprint density at radius 3 is 2.62 bits per heavy atom. The number of carbonyl (C=O) groups is 3. The number of ether oxygens (including phenoxy) is 3. The van der Waals surface area contributed by atoms with E-state index in [9.17, 15) is 14.4 Å². The molecule has 2 heterocycles. The minimum Gasteiger partial charge on any atom is -0.465 e. The second kappa shape index (κ2) is 9.41. The highest BCUT2D eigenvalue weighted by atomic mass is 32.2. The highest BCUT2D eigenvalue weighted by Crippen LogP contribution is 2.36. The Labute approximate surface area is 193 Å². The molecule has 0 unspecified atom stereocenters. The van der Waals surface area contributed by atoms with Crippen molar-refractivity contribution in [3.05, 3.63) is 64.1 Å². The number of fused-ring (bicyclic) bond motifs is 1. The third kappa shape index (κ3) is 4.61. The van der Waals surface area contributed by atoms with Crippen molar-refractivity contribution in [1.29, 1.82) is 0 Å². The predicted molar refractivity (Wildman–Crippen MR) is 123 cm³/mol. The molecular formula is C22H18N2O6S2. The number of rotatable bonds is 6. The van der Waals surface area contributed by atoms with Crippen molar-refractivity contribution in [3.63, 3.8) is 0 Å². The van der Waals surface area contributed by atoms with Crippen molar-refractivity contribution >= 4 is 52.2 Å². The molecule has 0 atom stereocenters. The molecule has 32 heavy (non-hydrogen) atoms. The van der Waals surface area contributed by atoms with Crippen LogP contribution in [0.4, 0.5) is 0 Å². The van der Waals surface area contributed by atoms with Gasteiger partial charge >= 0.3 is 5.97 Å². The smallest absolute Gasteiger partial charge is 0.337 e. The molecule has 2 aliphatic heterocycles. The molecule has 4 rings (SSSR count). The standard InChI is InChI=1S/C22H18N2O6S2/c1-28-21(27)15-5-3-14(4-6-15)19(25)23-8-9-24-20(26)18(32-22(24)31)11-13-2-7-16-17(10-13)30-12-29-16/h2-7,10-11H,8-9,12H2,1H3,(H,23,25)/b18-11+. The first-order valence-electron chi connectivity index (χ1n) is 9.58. The van der Waals surface area contributed by atoms with Gasteiger partial charge in [0.05, 0.1) is 17.6 Å². The monoisotopic (exact) mass is 470 g/mol. The summed E-state index contributed by atoms with van der Waals surface area (Å²) < 4.78 is 15.7. The van der Waals surface area contributed by atoms with Gasteiger partial charge in [-0.3, -0.25) is 14.5 Å². The number of nitrogens with one attached hydrogen (secondary N) is 1. The molecule has 2 aromatic carbocycles. The fourth-order valence-electron chi connectivity index (χ4n) is 3.11. The molecule has 0 radical (unpaired) electrons. The van der Waals surface area contributed by atoms with Crippen molar-refractivity contribution < 1.29 is 28.6 Å². The van der Waals surface area contributed by atoms with Gasteiger partial charge in [-0.25, -0.2) is 4.79 Å². The number of thioether (sulfide) groups is 1. The molecule has 1 saturated heterocycles. The van der Waals surface area contributed by atoms with Crippen LogP contribution >= 0.6 is 24.0 Å². The molecular weight excluding hydrogens is 452 g/mol. The molecule has 1 fully saturated rings. The van der Waals surface area contributed by atoms with Crippen molar-refractivity contribution in [1.82, 2.24) is 10.2 Å². The summed E-state index contributed by atoms with van der Waals surface area (Å²) in [7, 11) is 1.29. The third-order valence-electron chi connectivity index (χ3n) is 4.76. The molecule has 8 nitrogen and oxygen atoms in total. The van der Waals surface area contributed by atoms with Crippen molar-refractivity contribution in [2.75, 3.05) is 27.0 Å². The van der Waals surface area contributed by atoms with Crippen LogP contribution < -0.4 is 14.8 Å². The van der Waals surface area contributed by atoms with E-state index in [-0.39, 0.29) is 31.7 Å². The van der Waals surface area contributed by atoms with Crippen LogP contribution in [0.5, 0.6) is 11.5 Å². The summed E-state index contributed by atoms with van der Waals surface area (Å²) in [4.78, 5) is 38.5. The van der Waals surface area contributed by atoms with Gasteiger partial charge in [0, 0.05) is 18.7 Å². The lowest BCUT2D eigenvalue weighted by molar-refractivity contribution is -0.122. The minimum atomic E-state index is -0.472. The van der Waals surface area contributed by atoms with Crippen LogP contribution in [-0.2, 0) is 9.53 Å². The molecule has 164 valence electrons. The lowest BCUT2D eigenvalue weighted by atomic mass is 10.1. The summed E-state index contributed by atoms with van der Waals surface area (Å²) >= 11 is 6.55. The molecule has 1 N–H and O–H groups in total. The van der Waals surface area contributed by atoms with Gasteiger partial charge in [0.15, 0.2) is 11.5 Å². The normalized spacial score (nSPS) is 15.9. The van der Waals surface area contributed by atoms with E-state index in [4.69, 9.17) is 21.7 Å². The highest BCUT2D eigenvalue weighted by molar-refractivity contribution is 8.26. The lowest BCUT2D eigenvalue weighted by Crippen LogP contribution is -2.37. The van der Waals surface area contributed by atoms with E-state index in [0.29, 0.717) is 31.9 Å². The second-order valence-corrected chi connectivity index (χ2v) is 8.45. The number of esters is 1. The molecule has 2 aliphatic rings. The van der Waals surface area contributed by atoms with Crippen LogP contribution in [0, 0.1) is 0 Å². The largest absolute Gasteiger partial charge is 0.465 e. The zero-order valence-corrected chi connectivity index (χ0v) is 18.6. The van der Waals surface area contributed by atoms with Gasteiger partial charge in [-0.2, -0.15) is 0 Å². The first-order chi connectivity index (χ1) is 15.5. The van der Waals surface area contributed by atoms with Crippen LogP contribution in [0.15, 0.2) is 47.4 Å². The molecule has 2 amide bonds. The van der Waals surface area contributed by atoms with Crippen LogP contribution in [0.1, 0.15) is 26.3 Å². The fourth-order valence-corrected chi connectivity index (χ4v) is 4.41. The van der Waals surface area contributed by atoms with Crippen LogP contribution in [-0.4, -0.2) is 54.0 Å². The molecule has 2 aromatic rings. The maximum Gasteiger partial charge on any atom is 0.337 e. The van der Waals surface area contributed by atoms with E-state index >= 15 is 0 Å². The van der Waals surface area contributed by atoms with E-state index in [1.54, 1.807) is 18.2 Å². The molecule has 10 heteroatoms. The Morgan fingerprint density at radius 2 is 1.88 bits per heavy atom. The molecule has 0 aliphatic carbocycles. The number of thiocarbonyl (C=S) groups is 1. The van der Waals surface area contributed by atoms with Crippen molar-refractivity contribution in [2.45, 2.75) is 0 Å². The number of benzene rings is 2. The Morgan fingerprint density at radius 1 is 1.16 bits per heavy atom. The van der Waals surface area contributed by atoms with E-state index in [1.807, 2.05) is 6.07 Å². The fraction of sp³-hybridized carbons (Fsp3) is 0.182. The van der Waals surface area contributed by atoms with Gasteiger partial charge in [-0.15, -0.1) is 0 Å². The Hall–Kier alpha value is -3.37. The van der Waals surface area contributed by atoms with Crippen molar-refractivity contribution in [3.8, 4) is 11.5 Å². The number of hydrogen-bond acceptors (Lipinski definition) is 8. The maximum absolute atomic E-state index is 12.8. The SMILES string of the molecule is COC(=O)c1ccc(C(=O)NCCN2C(=O)/C(=C\c3ccc4c(c3)OCO4)SC2=S)cc1. The minimum absolute atomic E-state index is 0.183. The first kappa shape index (κ1) is 21.8. The molecule has 0 aromatic heterocycles. The summed E-state index contributed by atoms with van der Waals surface area (Å²) in [6, 6.07) is 11.5. The van der Waals surface area contributed by atoms with Crippen LogP contribution in [0.2, 0.25) is 0 Å². The number of carbonyl (C=O) groups excluding carboxylic acids is 3. The average Bonchev–Trinajstić information content (AvgIpc) is 3.37. The van der Waals surface area contributed by atoms with Crippen LogP contribution in [0.3, 0.4) is 0 Å². The zero-order valence-electron chi connectivity index (χ0n) is 17.0. The number of nitrogens with zero attached hydrogens (tertiary/aromatic N) is 1. The van der Waals surface area contributed by atoms with E-state index < -0.39 is 5.97 Å². The van der Waals surface area contributed by atoms with Crippen LogP contribution in [0.25, 0.3) is 6.08 Å². The topological polar surface area (TPSA) is 94.2 Å². The second-order valence-electron chi connectivity index (χ2n) is 6.77. The zero-order chi connectivity index (χ0) is 22.7. The lowest BCUT2D eigenvalue weighted by Gasteiger charge is -2.15. The number of amides is 2. The van der Waals surface area contributed by atoms with Gasteiger partial charge in [0.1, 0.15) is 4.32 Å². The molecule has 0 saturated carbocycles. The van der Waals surface area contributed by atoms with Gasteiger partial charge < -0.3 is 19.5 Å².